The van der Waals surface area contributed by atoms with E-state index in [4.69, 9.17) is 10.5 Å². The lowest BCUT2D eigenvalue weighted by Gasteiger charge is -2.42. The fourth-order valence-electron chi connectivity index (χ4n) is 4.91. The van der Waals surface area contributed by atoms with Crippen molar-refractivity contribution in [2.24, 2.45) is 0 Å². The highest BCUT2D eigenvalue weighted by molar-refractivity contribution is 5.92. The van der Waals surface area contributed by atoms with Crippen molar-refractivity contribution in [1.29, 1.82) is 0 Å². The number of alkyl halides is 3. The zero-order chi connectivity index (χ0) is 30.1. The van der Waals surface area contributed by atoms with Crippen LogP contribution in [0.2, 0.25) is 0 Å². The number of anilines is 3. The average Bonchev–Trinajstić information content (AvgIpc) is 2.91. The average molecular weight is 569 g/mol. The predicted octanol–water partition coefficient (Wildman–Crippen LogP) is 5.86. The van der Waals surface area contributed by atoms with Gasteiger partial charge in [-0.05, 0) is 61.9 Å². The first-order chi connectivity index (χ1) is 19.2. The molecule has 2 atom stereocenters. The lowest BCUT2D eigenvalue weighted by molar-refractivity contribution is -0.137. The first-order valence-electron chi connectivity index (χ1n) is 13.1. The number of nitrogen functional groups attached to an aromatic ring is 1. The molecule has 0 fully saturated rings. The van der Waals surface area contributed by atoms with Gasteiger partial charge in [0.2, 0.25) is 5.91 Å². The fraction of sp³-hybridized carbons (Fsp3) is 0.367. The SMILES string of the molecule is CO[C@@]1(N(C)c2ccc3nc(C)nc(NC(C)c4cc(N)cc(C(F)(F)F)c4)c3c2)C=CC=C(CC(=O)N(C)C)C1. The maximum absolute atomic E-state index is 13.4. The van der Waals surface area contributed by atoms with Gasteiger partial charge in [0.15, 0.2) is 5.72 Å². The van der Waals surface area contributed by atoms with E-state index in [2.05, 4.69) is 15.3 Å². The summed E-state index contributed by atoms with van der Waals surface area (Å²) < 4.78 is 46.3. The number of hydrogen-bond acceptors (Lipinski definition) is 7. The zero-order valence-corrected chi connectivity index (χ0v) is 24.0. The summed E-state index contributed by atoms with van der Waals surface area (Å²) in [6.07, 6.45) is 2.04. The highest BCUT2D eigenvalue weighted by Gasteiger charge is 2.36. The number of fused-ring (bicyclic) bond motifs is 1. The fourth-order valence-corrected chi connectivity index (χ4v) is 4.91. The topological polar surface area (TPSA) is 96.6 Å². The summed E-state index contributed by atoms with van der Waals surface area (Å²) in [5, 5.41) is 3.96. The van der Waals surface area contributed by atoms with Gasteiger partial charge < -0.3 is 25.6 Å². The van der Waals surface area contributed by atoms with E-state index in [1.54, 1.807) is 40.0 Å². The van der Waals surface area contributed by atoms with Crippen molar-refractivity contribution in [3.8, 4) is 0 Å². The number of amides is 1. The smallest absolute Gasteiger partial charge is 0.399 e. The number of allylic oxidation sites excluding steroid dienone is 2. The number of halogens is 3. The lowest BCUT2D eigenvalue weighted by atomic mass is 9.92. The molecular weight excluding hydrogens is 533 g/mol. The Kier molecular flexibility index (Phi) is 8.30. The molecule has 3 aromatic rings. The van der Waals surface area contributed by atoms with Crippen molar-refractivity contribution >= 4 is 34.0 Å². The van der Waals surface area contributed by atoms with Crippen molar-refractivity contribution in [1.82, 2.24) is 14.9 Å². The number of methoxy groups -OCH3 is 1. The van der Waals surface area contributed by atoms with Gasteiger partial charge in [-0.15, -0.1) is 0 Å². The number of ether oxygens (including phenoxy) is 1. The van der Waals surface area contributed by atoms with Crippen LogP contribution in [0.5, 0.6) is 0 Å². The molecule has 1 amide bonds. The maximum Gasteiger partial charge on any atom is 0.416 e. The molecule has 0 bridgehead atoms. The van der Waals surface area contributed by atoms with Gasteiger partial charge in [0.1, 0.15) is 11.6 Å². The van der Waals surface area contributed by atoms with Crippen molar-refractivity contribution in [2.45, 2.75) is 44.6 Å². The van der Waals surface area contributed by atoms with Crippen molar-refractivity contribution < 1.29 is 22.7 Å². The number of aryl methyl sites for hydroxylation is 1. The number of aromatic nitrogens is 2. The third-order valence-electron chi connectivity index (χ3n) is 7.30. The van der Waals surface area contributed by atoms with E-state index in [0.717, 1.165) is 23.4 Å². The van der Waals surface area contributed by atoms with Crippen LogP contribution in [-0.2, 0) is 15.7 Å². The molecule has 1 unspecified atom stereocenters. The molecule has 1 aliphatic carbocycles. The van der Waals surface area contributed by atoms with E-state index in [0.29, 0.717) is 34.5 Å². The molecule has 11 heteroatoms. The van der Waals surface area contributed by atoms with Crippen LogP contribution < -0.4 is 16.0 Å². The number of carbonyl (C=O) groups excluding carboxylic acids is 1. The molecule has 0 spiro atoms. The normalized spacial score (nSPS) is 17.7. The molecule has 218 valence electrons. The third kappa shape index (κ3) is 6.45. The number of benzene rings is 2. The Morgan fingerprint density at radius 1 is 1.17 bits per heavy atom. The second kappa shape index (κ2) is 11.4. The predicted molar refractivity (Wildman–Crippen MR) is 155 cm³/mol. The monoisotopic (exact) mass is 568 g/mol. The first-order valence-corrected chi connectivity index (χ1v) is 13.1. The van der Waals surface area contributed by atoms with Gasteiger partial charge in [0, 0.05) is 57.9 Å². The quantitative estimate of drug-likeness (QED) is 0.260. The summed E-state index contributed by atoms with van der Waals surface area (Å²) >= 11 is 0. The molecule has 8 nitrogen and oxygen atoms in total. The molecule has 1 aliphatic rings. The Bertz CT molecular complexity index is 1520. The molecule has 0 saturated carbocycles. The van der Waals surface area contributed by atoms with Gasteiger partial charge >= 0.3 is 6.18 Å². The summed E-state index contributed by atoms with van der Waals surface area (Å²) in [7, 11) is 6.98. The molecule has 2 aromatic carbocycles. The van der Waals surface area contributed by atoms with E-state index >= 15 is 0 Å². The molecule has 1 aromatic heterocycles. The lowest BCUT2D eigenvalue weighted by Crippen LogP contribution is -2.48. The zero-order valence-electron chi connectivity index (χ0n) is 24.0. The number of rotatable bonds is 8. The van der Waals surface area contributed by atoms with Gasteiger partial charge in [-0.25, -0.2) is 9.97 Å². The van der Waals surface area contributed by atoms with Crippen molar-refractivity contribution in [2.75, 3.05) is 44.2 Å². The maximum atomic E-state index is 13.4. The van der Waals surface area contributed by atoms with Crippen LogP contribution in [0.3, 0.4) is 0 Å². The minimum atomic E-state index is -4.51. The number of hydrogen-bond donors (Lipinski definition) is 2. The van der Waals surface area contributed by atoms with Crippen LogP contribution in [0, 0.1) is 6.92 Å². The first kappa shape index (κ1) is 29.9. The Morgan fingerprint density at radius 3 is 2.56 bits per heavy atom. The number of nitrogens with one attached hydrogen (secondary N) is 1. The second-order valence-electron chi connectivity index (χ2n) is 10.5. The summed E-state index contributed by atoms with van der Waals surface area (Å²) in [6, 6.07) is 8.71. The van der Waals surface area contributed by atoms with E-state index in [1.165, 1.54) is 6.07 Å². The molecule has 0 radical (unpaired) electrons. The summed E-state index contributed by atoms with van der Waals surface area (Å²) in [6.45, 7) is 3.51. The molecular formula is C30H35F3N6O2. The van der Waals surface area contributed by atoms with Crippen LogP contribution in [-0.4, -0.2) is 54.8 Å². The Labute approximate surface area is 237 Å². The summed E-state index contributed by atoms with van der Waals surface area (Å²) in [5.74, 6) is 1.000. The molecule has 4 rings (SSSR count). The van der Waals surface area contributed by atoms with Gasteiger partial charge in [0.25, 0.3) is 0 Å². The number of carbonyl (C=O) groups is 1. The van der Waals surface area contributed by atoms with E-state index < -0.39 is 23.5 Å². The van der Waals surface area contributed by atoms with Crippen LogP contribution in [0.15, 0.2) is 60.2 Å². The summed E-state index contributed by atoms with van der Waals surface area (Å²) in [4.78, 5) is 25.0. The Hall–Kier alpha value is -4.12. The highest BCUT2D eigenvalue weighted by atomic mass is 19.4. The largest absolute Gasteiger partial charge is 0.416 e. The second-order valence-corrected chi connectivity index (χ2v) is 10.5. The van der Waals surface area contributed by atoms with Gasteiger partial charge in [-0.1, -0.05) is 17.7 Å². The molecule has 0 saturated heterocycles. The minimum absolute atomic E-state index is 0.00444. The molecule has 0 aliphatic heterocycles. The molecule has 1 heterocycles. The van der Waals surface area contributed by atoms with Gasteiger partial charge in [-0.3, -0.25) is 4.79 Å². The number of nitrogens with two attached hydrogens (primary N) is 1. The van der Waals surface area contributed by atoms with E-state index in [1.807, 2.05) is 48.4 Å². The van der Waals surface area contributed by atoms with Crippen molar-refractivity contribution in [3.63, 3.8) is 0 Å². The van der Waals surface area contributed by atoms with Gasteiger partial charge in [-0.2, -0.15) is 13.2 Å². The van der Waals surface area contributed by atoms with Crippen LogP contribution in [0.1, 0.15) is 42.8 Å². The minimum Gasteiger partial charge on any atom is -0.399 e. The van der Waals surface area contributed by atoms with Gasteiger partial charge in [0.05, 0.1) is 17.1 Å². The van der Waals surface area contributed by atoms with Crippen LogP contribution >= 0.6 is 0 Å². The van der Waals surface area contributed by atoms with E-state index in [-0.39, 0.29) is 18.0 Å². The van der Waals surface area contributed by atoms with Crippen molar-refractivity contribution in [3.05, 3.63) is 77.2 Å². The molecule has 41 heavy (non-hydrogen) atoms. The third-order valence-corrected chi connectivity index (χ3v) is 7.30. The van der Waals surface area contributed by atoms with Crippen LogP contribution in [0.25, 0.3) is 10.9 Å². The van der Waals surface area contributed by atoms with E-state index in [9.17, 15) is 18.0 Å². The Balaban J connectivity index is 1.67. The van der Waals surface area contributed by atoms with Crippen LogP contribution in [0.4, 0.5) is 30.4 Å². The molecule has 3 N–H and O–H groups in total. The number of likely N-dealkylation sites (N-methyl/N-ethyl adjacent to an activating group) is 1. The standard InChI is InChI=1S/C30H35F3N6O2/c1-18(21-13-22(30(31,32)33)15-23(34)14-21)35-28-25-16-24(9-10-26(25)36-19(2)37-28)39(5)29(41-6)11-7-8-20(17-29)12-27(40)38(3)4/h7-11,13-16,18H,12,17,34H2,1-6H3,(H,35,36,37)/t18?,29-/m0/s1. The number of nitrogens with zero attached hydrogens (tertiary/aromatic N) is 4. The highest BCUT2D eigenvalue weighted by Crippen LogP contribution is 2.37. The Morgan fingerprint density at radius 2 is 1.90 bits per heavy atom. The summed E-state index contributed by atoms with van der Waals surface area (Å²) in [5.41, 5.74) is 6.99.